The van der Waals surface area contributed by atoms with Crippen molar-refractivity contribution in [2.45, 2.75) is 19.4 Å². The summed E-state index contributed by atoms with van der Waals surface area (Å²) in [4.78, 5) is 31.6. The van der Waals surface area contributed by atoms with E-state index < -0.39 is 5.69 Å². The Balaban J connectivity index is 1.52. The highest BCUT2D eigenvalue weighted by molar-refractivity contribution is 5.90. The number of fused-ring (bicyclic) bond motifs is 1. The van der Waals surface area contributed by atoms with Crippen LogP contribution in [0.4, 0.5) is 11.5 Å². The molecule has 1 N–H and O–H groups in total. The van der Waals surface area contributed by atoms with Crippen LogP contribution in [0.3, 0.4) is 0 Å². The molecule has 10 nitrogen and oxygen atoms in total. The SMILES string of the molecule is COc1ccc(NC(=O)Cn2nc3nc(N4CCCC4)ccn3c2=O)cc1OC. The van der Waals surface area contributed by atoms with Crippen LogP contribution < -0.4 is 25.4 Å². The molecule has 10 heteroatoms. The summed E-state index contributed by atoms with van der Waals surface area (Å²) in [6.07, 6.45) is 3.91. The average Bonchev–Trinajstić information content (AvgIpc) is 3.36. The summed E-state index contributed by atoms with van der Waals surface area (Å²) >= 11 is 0. The van der Waals surface area contributed by atoms with Crippen molar-refractivity contribution in [2.75, 3.05) is 37.5 Å². The number of methoxy groups -OCH3 is 2. The topological polar surface area (TPSA) is 103 Å². The molecular weight excluding hydrogens is 376 g/mol. The third kappa shape index (κ3) is 3.73. The van der Waals surface area contributed by atoms with Crippen LogP contribution in [0.2, 0.25) is 0 Å². The lowest BCUT2D eigenvalue weighted by Gasteiger charge is -2.15. The highest BCUT2D eigenvalue weighted by Gasteiger charge is 2.17. The van der Waals surface area contributed by atoms with Crippen molar-refractivity contribution in [3.8, 4) is 11.5 Å². The molecule has 1 aliphatic rings. The number of benzene rings is 1. The van der Waals surface area contributed by atoms with Gasteiger partial charge in [0, 0.05) is 31.0 Å². The Hall–Kier alpha value is -3.56. The van der Waals surface area contributed by atoms with Gasteiger partial charge < -0.3 is 19.7 Å². The van der Waals surface area contributed by atoms with Crippen molar-refractivity contribution in [3.05, 3.63) is 40.9 Å². The minimum atomic E-state index is -0.414. The molecule has 1 aliphatic heterocycles. The summed E-state index contributed by atoms with van der Waals surface area (Å²) in [5.41, 5.74) is 0.113. The molecule has 3 aromatic rings. The fourth-order valence-corrected chi connectivity index (χ4v) is 3.37. The number of amides is 1. The number of hydrogen-bond donors (Lipinski definition) is 1. The van der Waals surface area contributed by atoms with Crippen LogP contribution in [0, 0.1) is 0 Å². The first kappa shape index (κ1) is 18.8. The minimum Gasteiger partial charge on any atom is -0.493 e. The van der Waals surface area contributed by atoms with Crippen LogP contribution in [-0.4, -0.2) is 52.4 Å². The zero-order valence-electron chi connectivity index (χ0n) is 16.3. The molecule has 0 atom stereocenters. The molecule has 0 spiro atoms. The van der Waals surface area contributed by atoms with E-state index in [0.29, 0.717) is 17.2 Å². The van der Waals surface area contributed by atoms with Crippen molar-refractivity contribution in [1.29, 1.82) is 0 Å². The predicted octanol–water partition coefficient (Wildman–Crippen LogP) is 1.15. The van der Waals surface area contributed by atoms with Crippen molar-refractivity contribution < 1.29 is 14.3 Å². The van der Waals surface area contributed by atoms with Crippen LogP contribution in [0.5, 0.6) is 11.5 Å². The smallest absolute Gasteiger partial charge is 0.352 e. The van der Waals surface area contributed by atoms with Crippen LogP contribution in [0.15, 0.2) is 35.3 Å². The van der Waals surface area contributed by atoms with Gasteiger partial charge in [-0.1, -0.05) is 0 Å². The molecule has 0 bridgehead atoms. The number of anilines is 2. The molecule has 29 heavy (non-hydrogen) atoms. The second-order valence-corrected chi connectivity index (χ2v) is 6.71. The van der Waals surface area contributed by atoms with Gasteiger partial charge in [0.15, 0.2) is 11.5 Å². The number of rotatable bonds is 6. The third-order valence-electron chi connectivity index (χ3n) is 4.83. The van der Waals surface area contributed by atoms with Gasteiger partial charge in [-0.25, -0.2) is 13.9 Å². The van der Waals surface area contributed by atoms with Crippen LogP contribution >= 0.6 is 0 Å². The lowest BCUT2D eigenvalue weighted by atomic mass is 10.2. The fourth-order valence-electron chi connectivity index (χ4n) is 3.37. The van der Waals surface area contributed by atoms with Crippen LogP contribution in [-0.2, 0) is 11.3 Å². The second kappa shape index (κ2) is 7.82. The molecule has 3 heterocycles. The summed E-state index contributed by atoms with van der Waals surface area (Å²) in [6.45, 7) is 1.67. The van der Waals surface area contributed by atoms with Crippen molar-refractivity contribution in [2.24, 2.45) is 0 Å². The van der Waals surface area contributed by atoms with Crippen LogP contribution in [0.25, 0.3) is 5.78 Å². The van der Waals surface area contributed by atoms with Crippen molar-refractivity contribution in [1.82, 2.24) is 19.2 Å². The Morgan fingerprint density at radius 1 is 1.14 bits per heavy atom. The van der Waals surface area contributed by atoms with Gasteiger partial charge in [0.1, 0.15) is 12.4 Å². The van der Waals surface area contributed by atoms with Gasteiger partial charge in [-0.2, -0.15) is 4.98 Å². The van der Waals surface area contributed by atoms with Gasteiger partial charge >= 0.3 is 5.69 Å². The summed E-state index contributed by atoms with van der Waals surface area (Å²) in [6, 6.07) is 6.83. The molecular formula is C19H22N6O4. The molecule has 1 saturated heterocycles. The number of ether oxygens (including phenoxy) is 2. The highest BCUT2D eigenvalue weighted by Crippen LogP contribution is 2.29. The number of hydrogen-bond acceptors (Lipinski definition) is 7. The van der Waals surface area contributed by atoms with E-state index in [4.69, 9.17) is 9.47 Å². The molecule has 0 radical (unpaired) electrons. The van der Waals surface area contributed by atoms with E-state index >= 15 is 0 Å². The van der Waals surface area contributed by atoms with E-state index in [0.717, 1.165) is 36.4 Å². The Labute approximate surface area is 166 Å². The Bertz CT molecular complexity index is 1100. The summed E-state index contributed by atoms with van der Waals surface area (Å²) < 4.78 is 12.9. The highest BCUT2D eigenvalue weighted by atomic mass is 16.5. The molecule has 0 saturated carbocycles. The number of carbonyl (C=O) groups excluding carboxylic acids is 1. The normalized spacial score (nSPS) is 13.7. The van der Waals surface area contributed by atoms with E-state index in [1.807, 2.05) is 0 Å². The minimum absolute atomic E-state index is 0.227. The number of nitrogens with zero attached hydrogens (tertiary/aromatic N) is 5. The summed E-state index contributed by atoms with van der Waals surface area (Å²) in [5, 5.41) is 6.94. The standard InChI is InChI=1S/C19H22N6O4/c1-28-14-6-5-13(11-15(14)29-2)20-17(26)12-25-19(27)24-10-7-16(21-18(24)22-25)23-8-3-4-9-23/h5-7,10-11H,3-4,8-9,12H2,1-2H3,(H,20,26). The zero-order valence-corrected chi connectivity index (χ0v) is 16.3. The number of aromatic nitrogens is 4. The number of carbonyl (C=O) groups is 1. The molecule has 1 aromatic carbocycles. The lowest BCUT2D eigenvalue weighted by Crippen LogP contribution is -2.28. The van der Waals surface area contributed by atoms with Gasteiger partial charge in [-0.05, 0) is 31.0 Å². The quantitative estimate of drug-likeness (QED) is 0.664. The molecule has 152 valence electrons. The van der Waals surface area contributed by atoms with E-state index in [2.05, 4.69) is 20.3 Å². The fraction of sp³-hybridized carbons (Fsp3) is 0.368. The summed E-state index contributed by atoms with van der Waals surface area (Å²) in [5.74, 6) is 1.73. The molecule has 0 aliphatic carbocycles. The first-order chi connectivity index (χ1) is 14.1. The van der Waals surface area contributed by atoms with Gasteiger partial charge in [0.25, 0.3) is 5.78 Å². The van der Waals surface area contributed by atoms with Gasteiger partial charge in [-0.15, -0.1) is 5.10 Å². The second-order valence-electron chi connectivity index (χ2n) is 6.71. The lowest BCUT2D eigenvalue weighted by molar-refractivity contribution is -0.117. The third-order valence-corrected chi connectivity index (χ3v) is 4.83. The van der Waals surface area contributed by atoms with Gasteiger partial charge in [-0.3, -0.25) is 4.79 Å². The summed E-state index contributed by atoms with van der Waals surface area (Å²) in [7, 11) is 3.05. The zero-order chi connectivity index (χ0) is 20.4. The monoisotopic (exact) mass is 398 g/mol. The maximum absolute atomic E-state index is 12.5. The Morgan fingerprint density at radius 2 is 1.90 bits per heavy atom. The van der Waals surface area contributed by atoms with E-state index in [9.17, 15) is 9.59 Å². The number of nitrogens with one attached hydrogen (secondary N) is 1. The largest absolute Gasteiger partial charge is 0.493 e. The first-order valence-electron chi connectivity index (χ1n) is 9.32. The molecule has 4 rings (SSSR count). The van der Waals surface area contributed by atoms with Crippen molar-refractivity contribution >= 4 is 23.2 Å². The van der Waals surface area contributed by atoms with E-state index in [1.54, 1.807) is 30.5 Å². The van der Waals surface area contributed by atoms with Gasteiger partial charge in [0.2, 0.25) is 5.91 Å². The molecule has 1 amide bonds. The molecule has 1 fully saturated rings. The maximum Gasteiger partial charge on any atom is 0.352 e. The molecule has 2 aromatic heterocycles. The van der Waals surface area contributed by atoms with Crippen LogP contribution in [0.1, 0.15) is 12.8 Å². The van der Waals surface area contributed by atoms with E-state index in [1.165, 1.54) is 18.6 Å². The molecule has 0 unspecified atom stereocenters. The predicted molar refractivity (Wildman–Crippen MR) is 107 cm³/mol. The Morgan fingerprint density at radius 3 is 2.62 bits per heavy atom. The van der Waals surface area contributed by atoms with Crippen molar-refractivity contribution in [3.63, 3.8) is 0 Å². The Kier molecular flexibility index (Phi) is 5.07. The average molecular weight is 398 g/mol. The van der Waals surface area contributed by atoms with Gasteiger partial charge in [0.05, 0.1) is 14.2 Å². The maximum atomic E-state index is 12.5. The first-order valence-corrected chi connectivity index (χ1v) is 9.32. The van der Waals surface area contributed by atoms with E-state index in [-0.39, 0.29) is 18.2 Å².